The van der Waals surface area contributed by atoms with Gasteiger partial charge in [-0.15, -0.1) is 0 Å². The summed E-state index contributed by atoms with van der Waals surface area (Å²) in [6.07, 6.45) is 4.40. The second-order valence-electron chi connectivity index (χ2n) is 2.87. The van der Waals surface area contributed by atoms with E-state index in [1.807, 2.05) is 12.2 Å². The van der Waals surface area contributed by atoms with Crippen LogP contribution in [0.4, 0.5) is 0 Å². The maximum Gasteiger partial charge on any atom is 0.311 e. The summed E-state index contributed by atoms with van der Waals surface area (Å²) in [5, 5.41) is 9.41. The Hall–Kier alpha value is -0.830. The molecule has 0 saturated carbocycles. The van der Waals surface area contributed by atoms with Crippen molar-refractivity contribution in [3.05, 3.63) is 12.2 Å². The average molecular weight is 170 g/mol. The van der Waals surface area contributed by atoms with Crippen molar-refractivity contribution < 1.29 is 14.6 Å². The van der Waals surface area contributed by atoms with Crippen molar-refractivity contribution in [2.75, 3.05) is 6.61 Å². The highest BCUT2D eigenvalue weighted by Gasteiger charge is 2.27. The molecule has 68 valence electrons. The normalized spacial score (nSPS) is 28.5. The molecule has 0 amide bonds. The highest BCUT2D eigenvalue weighted by atomic mass is 16.5. The molecule has 1 aliphatic rings. The van der Waals surface area contributed by atoms with Crippen molar-refractivity contribution in [3.63, 3.8) is 0 Å². The molecule has 1 N–H and O–H groups in total. The van der Waals surface area contributed by atoms with E-state index >= 15 is 0 Å². The summed E-state index contributed by atoms with van der Waals surface area (Å²) < 4.78 is 4.82. The number of hydrogen-bond acceptors (Lipinski definition) is 3. The largest absolute Gasteiger partial charge is 0.466 e. The number of esters is 1. The molecule has 0 aromatic heterocycles. The van der Waals surface area contributed by atoms with Crippen LogP contribution in [0.25, 0.3) is 0 Å². The molecular formula is C9H14O3. The van der Waals surface area contributed by atoms with Gasteiger partial charge in [-0.3, -0.25) is 4.79 Å². The van der Waals surface area contributed by atoms with Gasteiger partial charge in [0.15, 0.2) is 0 Å². The van der Waals surface area contributed by atoms with Crippen LogP contribution in [0.2, 0.25) is 0 Å². The lowest BCUT2D eigenvalue weighted by Crippen LogP contribution is -2.30. The Morgan fingerprint density at radius 2 is 2.25 bits per heavy atom. The lowest BCUT2D eigenvalue weighted by atomic mass is 9.91. The van der Waals surface area contributed by atoms with Crippen molar-refractivity contribution in [2.24, 2.45) is 5.92 Å². The molecule has 0 fully saturated rings. The number of carbonyl (C=O) groups excluding carboxylic acids is 1. The number of carbonyl (C=O) groups is 1. The number of aliphatic hydroxyl groups is 1. The fourth-order valence-corrected chi connectivity index (χ4v) is 1.30. The number of ether oxygens (including phenoxy) is 1. The summed E-state index contributed by atoms with van der Waals surface area (Å²) in [7, 11) is 0. The lowest BCUT2D eigenvalue weighted by Gasteiger charge is -2.21. The van der Waals surface area contributed by atoms with Crippen LogP contribution in [0.5, 0.6) is 0 Å². The van der Waals surface area contributed by atoms with Gasteiger partial charge in [-0.2, -0.15) is 0 Å². The molecule has 0 aliphatic heterocycles. The Kier molecular flexibility index (Phi) is 3.29. The molecule has 12 heavy (non-hydrogen) atoms. The van der Waals surface area contributed by atoms with Gasteiger partial charge in [0.1, 0.15) is 0 Å². The van der Waals surface area contributed by atoms with E-state index in [9.17, 15) is 9.90 Å². The van der Waals surface area contributed by atoms with E-state index in [-0.39, 0.29) is 11.9 Å². The number of allylic oxidation sites excluding steroid dienone is 1. The molecule has 3 heteroatoms. The second kappa shape index (κ2) is 4.26. The first-order valence-electron chi connectivity index (χ1n) is 4.25. The average Bonchev–Trinajstić information content (AvgIpc) is 2.05. The van der Waals surface area contributed by atoms with Crippen LogP contribution in [0.1, 0.15) is 19.8 Å². The summed E-state index contributed by atoms with van der Waals surface area (Å²) in [5.74, 6) is -0.635. The molecule has 0 bridgehead atoms. The Bertz CT molecular complexity index is 186. The number of hydrogen-bond donors (Lipinski definition) is 1. The first kappa shape index (κ1) is 9.26. The van der Waals surface area contributed by atoms with Crippen LogP contribution in [0.3, 0.4) is 0 Å². The topological polar surface area (TPSA) is 46.5 Å². The maximum absolute atomic E-state index is 11.2. The van der Waals surface area contributed by atoms with E-state index in [0.29, 0.717) is 19.4 Å². The molecule has 1 unspecified atom stereocenters. The fourth-order valence-electron chi connectivity index (χ4n) is 1.30. The summed E-state index contributed by atoms with van der Waals surface area (Å²) in [6.45, 7) is 2.15. The minimum atomic E-state index is -0.561. The third-order valence-corrected chi connectivity index (χ3v) is 1.99. The minimum Gasteiger partial charge on any atom is -0.466 e. The van der Waals surface area contributed by atoms with E-state index in [0.717, 1.165) is 0 Å². The fraction of sp³-hybridized carbons (Fsp3) is 0.667. The zero-order chi connectivity index (χ0) is 8.97. The molecule has 0 aromatic rings. The minimum absolute atomic E-state index is 0.283. The summed E-state index contributed by atoms with van der Waals surface area (Å²) >= 11 is 0. The van der Waals surface area contributed by atoms with Crippen LogP contribution in [0, 0.1) is 5.92 Å². The highest BCUT2D eigenvalue weighted by molar-refractivity contribution is 5.73. The van der Waals surface area contributed by atoms with E-state index in [2.05, 4.69) is 0 Å². The smallest absolute Gasteiger partial charge is 0.311 e. The molecule has 0 aromatic carbocycles. The van der Waals surface area contributed by atoms with Crippen molar-refractivity contribution in [2.45, 2.75) is 25.9 Å². The van der Waals surface area contributed by atoms with Gasteiger partial charge in [-0.05, 0) is 19.8 Å². The molecule has 3 nitrogen and oxygen atoms in total. The van der Waals surface area contributed by atoms with Crippen LogP contribution in [-0.2, 0) is 9.53 Å². The van der Waals surface area contributed by atoms with Crippen LogP contribution in [0.15, 0.2) is 12.2 Å². The predicted octanol–water partition coefficient (Wildman–Crippen LogP) is 0.877. The maximum atomic E-state index is 11.2. The molecule has 1 aliphatic carbocycles. The van der Waals surface area contributed by atoms with Gasteiger partial charge >= 0.3 is 5.97 Å². The Balaban J connectivity index is 2.49. The summed E-state index contributed by atoms with van der Waals surface area (Å²) in [6, 6.07) is 0. The number of aliphatic hydroxyl groups excluding tert-OH is 1. The zero-order valence-corrected chi connectivity index (χ0v) is 7.19. The molecule has 1 rings (SSSR count). The Morgan fingerprint density at radius 3 is 2.83 bits per heavy atom. The second-order valence-corrected chi connectivity index (χ2v) is 2.87. The van der Waals surface area contributed by atoms with Gasteiger partial charge in [-0.1, -0.05) is 12.2 Å². The number of rotatable bonds is 2. The van der Waals surface area contributed by atoms with Crippen LogP contribution < -0.4 is 0 Å². The molecule has 0 saturated heterocycles. The molecule has 2 atom stereocenters. The van der Waals surface area contributed by atoms with Crippen molar-refractivity contribution in [3.8, 4) is 0 Å². The van der Waals surface area contributed by atoms with Crippen LogP contribution >= 0.6 is 0 Å². The van der Waals surface area contributed by atoms with Gasteiger partial charge in [0.25, 0.3) is 0 Å². The van der Waals surface area contributed by atoms with Crippen molar-refractivity contribution in [1.82, 2.24) is 0 Å². The monoisotopic (exact) mass is 170 g/mol. The molecule has 0 spiro atoms. The standard InChI is InChI=1S/C9H14O3/c1-2-12-9(11)7-5-3-4-6-8(7)10/h3-4,7-8,10H,2,5-6H2,1H3/t7-,8?/m0/s1. The van der Waals surface area contributed by atoms with Gasteiger partial charge in [0.05, 0.1) is 18.6 Å². The van der Waals surface area contributed by atoms with Crippen molar-refractivity contribution >= 4 is 5.97 Å². The Labute approximate surface area is 72.0 Å². The van der Waals surface area contributed by atoms with Gasteiger partial charge < -0.3 is 9.84 Å². The third kappa shape index (κ3) is 2.08. The summed E-state index contributed by atoms with van der Waals surface area (Å²) in [5.41, 5.74) is 0. The van der Waals surface area contributed by atoms with Crippen LogP contribution in [-0.4, -0.2) is 23.8 Å². The van der Waals surface area contributed by atoms with E-state index < -0.39 is 6.10 Å². The van der Waals surface area contributed by atoms with Crippen molar-refractivity contribution in [1.29, 1.82) is 0 Å². The van der Waals surface area contributed by atoms with E-state index in [4.69, 9.17) is 4.74 Å². The van der Waals surface area contributed by atoms with E-state index in [1.165, 1.54) is 0 Å². The first-order valence-corrected chi connectivity index (χ1v) is 4.25. The Morgan fingerprint density at radius 1 is 1.58 bits per heavy atom. The third-order valence-electron chi connectivity index (χ3n) is 1.99. The quantitative estimate of drug-likeness (QED) is 0.494. The molecule has 0 heterocycles. The van der Waals surface area contributed by atoms with Gasteiger partial charge in [-0.25, -0.2) is 0 Å². The molecular weight excluding hydrogens is 156 g/mol. The summed E-state index contributed by atoms with van der Waals surface area (Å²) in [4.78, 5) is 11.2. The first-order chi connectivity index (χ1) is 5.75. The zero-order valence-electron chi connectivity index (χ0n) is 7.19. The predicted molar refractivity (Wildman–Crippen MR) is 44.5 cm³/mol. The lowest BCUT2D eigenvalue weighted by molar-refractivity contribution is -0.152. The van der Waals surface area contributed by atoms with E-state index in [1.54, 1.807) is 6.92 Å². The highest BCUT2D eigenvalue weighted by Crippen LogP contribution is 2.20. The SMILES string of the molecule is CCOC(=O)[C@H]1CC=CCC1O. The molecule has 0 radical (unpaired) electrons. The van der Waals surface area contributed by atoms with Gasteiger partial charge in [0.2, 0.25) is 0 Å². The van der Waals surface area contributed by atoms with Gasteiger partial charge in [0, 0.05) is 0 Å².